The molecule has 0 unspecified atom stereocenters. The number of rotatable bonds is 3. The van der Waals surface area contributed by atoms with E-state index in [2.05, 4.69) is 4.98 Å². The molecule has 0 fully saturated rings. The molecule has 0 amide bonds. The summed E-state index contributed by atoms with van der Waals surface area (Å²) in [7, 11) is 1.40. The molecule has 0 saturated carbocycles. The zero-order valence-corrected chi connectivity index (χ0v) is 10.4. The van der Waals surface area contributed by atoms with Gasteiger partial charge in [-0.2, -0.15) is 13.2 Å². The minimum Gasteiger partial charge on any atom is -0.398 e. The monoisotopic (exact) mass is 269 g/mol. The summed E-state index contributed by atoms with van der Waals surface area (Å²) in [6, 6.07) is 8.91. The van der Waals surface area contributed by atoms with Crippen LogP contribution in [0.2, 0.25) is 0 Å². The van der Waals surface area contributed by atoms with Gasteiger partial charge in [-0.25, -0.2) is 0 Å². The normalized spacial score (nSPS) is 12.3. The van der Waals surface area contributed by atoms with E-state index in [-0.39, 0.29) is 6.54 Å². The lowest BCUT2D eigenvalue weighted by Gasteiger charge is -2.18. The van der Waals surface area contributed by atoms with Crippen LogP contribution in [0.1, 0.15) is 5.69 Å². The van der Waals surface area contributed by atoms with Gasteiger partial charge in [0.15, 0.2) is 0 Å². The minimum atomic E-state index is -4.21. The van der Waals surface area contributed by atoms with Crippen LogP contribution in [0.5, 0.6) is 0 Å². The Hall–Kier alpha value is -1.82. The average Bonchev–Trinajstić information content (AvgIpc) is 2.26. The van der Waals surface area contributed by atoms with E-state index in [0.29, 0.717) is 16.9 Å². The van der Waals surface area contributed by atoms with Crippen LogP contribution in [-0.2, 0) is 6.54 Å². The molecule has 2 aromatic rings. The molecule has 0 aliphatic carbocycles. The quantitative estimate of drug-likeness (QED) is 0.931. The first-order chi connectivity index (χ1) is 8.85. The van der Waals surface area contributed by atoms with Crippen LogP contribution >= 0.6 is 0 Å². The molecule has 2 N–H and O–H groups in total. The van der Waals surface area contributed by atoms with Crippen molar-refractivity contribution < 1.29 is 13.2 Å². The molecule has 0 atom stereocenters. The second-order valence-electron chi connectivity index (χ2n) is 4.51. The van der Waals surface area contributed by atoms with Crippen molar-refractivity contribution in [2.45, 2.75) is 12.7 Å². The van der Waals surface area contributed by atoms with Gasteiger partial charge >= 0.3 is 6.18 Å². The molecular formula is C13H14F3N3. The van der Waals surface area contributed by atoms with E-state index in [1.54, 1.807) is 12.1 Å². The molecule has 0 radical (unpaired) electrons. The first kappa shape index (κ1) is 13.6. The fourth-order valence-corrected chi connectivity index (χ4v) is 1.98. The SMILES string of the molecule is CN(Cc1cc(N)c2ccccc2n1)CC(F)(F)F. The average molecular weight is 269 g/mol. The van der Waals surface area contributed by atoms with Crippen LogP contribution in [0.4, 0.5) is 18.9 Å². The molecule has 0 aliphatic heterocycles. The molecule has 1 aromatic heterocycles. The van der Waals surface area contributed by atoms with Crippen LogP contribution in [0, 0.1) is 0 Å². The van der Waals surface area contributed by atoms with Gasteiger partial charge in [0, 0.05) is 17.6 Å². The largest absolute Gasteiger partial charge is 0.401 e. The van der Waals surface area contributed by atoms with Crippen molar-refractivity contribution in [3.63, 3.8) is 0 Å². The summed E-state index contributed by atoms with van der Waals surface area (Å²) in [5.41, 5.74) is 7.63. The number of anilines is 1. The summed E-state index contributed by atoms with van der Waals surface area (Å²) in [5, 5.41) is 0.810. The Balaban J connectivity index is 2.22. The summed E-state index contributed by atoms with van der Waals surface area (Å²) in [6.45, 7) is -0.865. The Morgan fingerprint density at radius 3 is 2.63 bits per heavy atom. The highest BCUT2D eigenvalue weighted by Gasteiger charge is 2.29. The van der Waals surface area contributed by atoms with Gasteiger partial charge in [0.25, 0.3) is 0 Å². The maximum absolute atomic E-state index is 12.3. The first-order valence-electron chi connectivity index (χ1n) is 5.74. The van der Waals surface area contributed by atoms with Crippen molar-refractivity contribution in [2.24, 2.45) is 0 Å². The number of fused-ring (bicyclic) bond motifs is 1. The van der Waals surface area contributed by atoms with E-state index < -0.39 is 12.7 Å². The number of pyridine rings is 1. The maximum atomic E-state index is 12.3. The van der Waals surface area contributed by atoms with Crippen LogP contribution in [0.25, 0.3) is 10.9 Å². The number of nitrogens with zero attached hydrogens (tertiary/aromatic N) is 2. The Kier molecular flexibility index (Phi) is 3.61. The van der Waals surface area contributed by atoms with E-state index >= 15 is 0 Å². The van der Waals surface area contributed by atoms with Crippen molar-refractivity contribution in [3.8, 4) is 0 Å². The van der Waals surface area contributed by atoms with Gasteiger partial charge in [0.1, 0.15) is 0 Å². The molecule has 0 saturated heterocycles. The lowest BCUT2D eigenvalue weighted by molar-refractivity contribution is -0.144. The van der Waals surface area contributed by atoms with Gasteiger partial charge in [0.2, 0.25) is 0 Å². The minimum absolute atomic E-state index is 0.106. The Morgan fingerprint density at radius 1 is 1.26 bits per heavy atom. The van der Waals surface area contributed by atoms with Crippen LogP contribution < -0.4 is 5.73 Å². The van der Waals surface area contributed by atoms with Gasteiger partial charge in [-0.15, -0.1) is 0 Å². The molecule has 0 aliphatic rings. The fraction of sp³-hybridized carbons (Fsp3) is 0.308. The van der Waals surface area contributed by atoms with E-state index in [9.17, 15) is 13.2 Å². The zero-order chi connectivity index (χ0) is 14.0. The van der Waals surface area contributed by atoms with Crippen LogP contribution in [0.15, 0.2) is 30.3 Å². The summed E-state index contributed by atoms with van der Waals surface area (Å²) in [5.74, 6) is 0. The molecule has 19 heavy (non-hydrogen) atoms. The topological polar surface area (TPSA) is 42.1 Å². The van der Waals surface area contributed by atoms with Gasteiger partial charge < -0.3 is 5.73 Å². The summed E-state index contributed by atoms with van der Waals surface area (Å²) >= 11 is 0. The first-order valence-corrected chi connectivity index (χ1v) is 5.74. The lowest BCUT2D eigenvalue weighted by Crippen LogP contribution is -2.30. The predicted molar refractivity (Wildman–Crippen MR) is 68.5 cm³/mol. The summed E-state index contributed by atoms with van der Waals surface area (Å²) in [6.07, 6.45) is -4.21. The van der Waals surface area contributed by atoms with Crippen molar-refractivity contribution in [2.75, 3.05) is 19.3 Å². The smallest absolute Gasteiger partial charge is 0.398 e. The maximum Gasteiger partial charge on any atom is 0.401 e. The lowest BCUT2D eigenvalue weighted by atomic mass is 10.1. The number of halogens is 3. The van der Waals surface area contributed by atoms with Crippen molar-refractivity contribution in [3.05, 3.63) is 36.0 Å². The Morgan fingerprint density at radius 2 is 1.95 bits per heavy atom. The Labute approximate surface area is 108 Å². The molecule has 3 nitrogen and oxygen atoms in total. The molecule has 0 bridgehead atoms. The number of alkyl halides is 3. The third kappa shape index (κ3) is 3.57. The van der Waals surface area contributed by atoms with Gasteiger partial charge in [-0.05, 0) is 19.2 Å². The molecule has 1 aromatic carbocycles. The number of benzene rings is 1. The van der Waals surface area contributed by atoms with Crippen LogP contribution in [0.3, 0.4) is 0 Å². The van der Waals surface area contributed by atoms with E-state index in [1.807, 2.05) is 18.2 Å². The second kappa shape index (κ2) is 5.05. The number of nitrogens with two attached hydrogens (primary N) is 1. The molecular weight excluding hydrogens is 255 g/mol. The molecule has 102 valence electrons. The second-order valence-corrected chi connectivity index (χ2v) is 4.51. The number of hydrogen-bond donors (Lipinski definition) is 1. The third-order valence-electron chi connectivity index (χ3n) is 2.68. The number of hydrogen-bond acceptors (Lipinski definition) is 3. The molecule has 6 heteroatoms. The zero-order valence-electron chi connectivity index (χ0n) is 10.4. The summed E-state index contributed by atoms with van der Waals surface area (Å²) in [4.78, 5) is 5.48. The Bertz CT molecular complexity index is 581. The van der Waals surface area contributed by atoms with Gasteiger partial charge in [-0.1, -0.05) is 18.2 Å². The van der Waals surface area contributed by atoms with Crippen molar-refractivity contribution in [1.29, 1.82) is 0 Å². The van der Waals surface area contributed by atoms with Gasteiger partial charge in [-0.3, -0.25) is 9.88 Å². The molecule has 1 heterocycles. The molecule has 0 spiro atoms. The highest BCUT2D eigenvalue weighted by molar-refractivity contribution is 5.90. The highest BCUT2D eigenvalue weighted by Crippen LogP contribution is 2.21. The third-order valence-corrected chi connectivity index (χ3v) is 2.68. The standard InChI is InChI=1S/C13H14F3N3/c1-19(8-13(14,15)16)7-9-6-11(17)10-4-2-3-5-12(10)18-9/h2-6H,7-8H2,1H3,(H2,17,18). The summed E-state index contributed by atoms with van der Waals surface area (Å²) < 4.78 is 36.8. The van der Waals surface area contributed by atoms with Crippen LogP contribution in [-0.4, -0.2) is 29.7 Å². The van der Waals surface area contributed by atoms with Crippen molar-refractivity contribution in [1.82, 2.24) is 9.88 Å². The number of nitrogen functional groups attached to an aromatic ring is 1. The molecule has 2 rings (SSSR count). The number of para-hydroxylation sites is 1. The predicted octanol–water partition coefficient (Wildman–Crippen LogP) is 2.81. The highest BCUT2D eigenvalue weighted by atomic mass is 19.4. The van der Waals surface area contributed by atoms with Gasteiger partial charge in [0.05, 0.1) is 17.8 Å². The van der Waals surface area contributed by atoms with Crippen molar-refractivity contribution >= 4 is 16.6 Å². The number of aromatic nitrogens is 1. The fourth-order valence-electron chi connectivity index (χ4n) is 1.98. The van der Waals surface area contributed by atoms with E-state index in [1.165, 1.54) is 7.05 Å². The van der Waals surface area contributed by atoms with E-state index in [4.69, 9.17) is 5.73 Å². The van der Waals surface area contributed by atoms with E-state index in [0.717, 1.165) is 10.3 Å².